The maximum Gasteiger partial charge on any atom is 0.301 e. The molecular weight excluding hydrogens is 508 g/mol. The van der Waals surface area contributed by atoms with Crippen LogP contribution in [0.3, 0.4) is 0 Å². The molecule has 2 aromatic heterocycles. The molecular formula is C27H22N4O4S2. The highest BCUT2D eigenvalue weighted by atomic mass is 32.2. The van der Waals surface area contributed by atoms with Gasteiger partial charge >= 0.3 is 5.91 Å². The summed E-state index contributed by atoms with van der Waals surface area (Å²) < 4.78 is 6.22. The third kappa shape index (κ3) is 5.11. The number of rotatable bonds is 8. The highest BCUT2D eigenvalue weighted by Gasteiger charge is 2.48. The molecule has 1 unspecified atom stereocenters. The van der Waals surface area contributed by atoms with Gasteiger partial charge in [0.05, 0.1) is 18.2 Å². The van der Waals surface area contributed by atoms with Crippen LogP contribution in [0.15, 0.2) is 89.0 Å². The third-order valence-corrected chi connectivity index (χ3v) is 7.84. The molecule has 8 nitrogen and oxygen atoms in total. The van der Waals surface area contributed by atoms with E-state index in [9.17, 15) is 14.7 Å². The molecule has 0 radical (unpaired) electrons. The lowest BCUT2D eigenvalue weighted by molar-refractivity contribution is -0.132. The van der Waals surface area contributed by atoms with E-state index in [2.05, 4.69) is 15.2 Å². The Balaban J connectivity index is 1.54. The Morgan fingerprint density at radius 1 is 1.03 bits per heavy atom. The predicted octanol–water partition coefficient (Wildman–Crippen LogP) is 5.25. The molecule has 0 aliphatic carbocycles. The summed E-state index contributed by atoms with van der Waals surface area (Å²) in [5.41, 5.74) is 2.14. The standard InChI is InChI=1S/C27H22N4O4S2/c1-2-35-20-10-8-18(9-11-20)22-21(23(32)19-12-14-28-15-13-19)24(33)25(34)31(22)26-29-30-27(37-26)36-16-17-6-4-3-5-7-17/h3-15,22,32H,2,16H2,1H3/b23-21+. The van der Waals surface area contributed by atoms with Crippen LogP contribution in [0.1, 0.15) is 29.7 Å². The summed E-state index contributed by atoms with van der Waals surface area (Å²) in [7, 11) is 0. The number of ether oxygens (including phenoxy) is 1. The van der Waals surface area contributed by atoms with Gasteiger partial charge in [-0.1, -0.05) is 65.6 Å². The third-order valence-electron chi connectivity index (χ3n) is 5.71. The molecule has 3 heterocycles. The van der Waals surface area contributed by atoms with Crippen LogP contribution in [0, 0.1) is 0 Å². The summed E-state index contributed by atoms with van der Waals surface area (Å²) in [4.78, 5) is 31.9. The molecule has 2 aromatic carbocycles. The average molecular weight is 531 g/mol. The lowest BCUT2D eigenvalue weighted by Gasteiger charge is -2.22. The van der Waals surface area contributed by atoms with Gasteiger partial charge < -0.3 is 9.84 Å². The van der Waals surface area contributed by atoms with Gasteiger partial charge in [-0.05, 0) is 42.3 Å². The second kappa shape index (κ2) is 10.9. The number of hydrogen-bond acceptors (Lipinski definition) is 9. The van der Waals surface area contributed by atoms with Crippen LogP contribution in [-0.4, -0.2) is 38.6 Å². The monoisotopic (exact) mass is 530 g/mol. The highest BCUT2D eigenvalue weighted by molar-refractivity contribution is 8.00. The summed E-state index contributed by atoms with van der Waals surface area (Å²) in [6, 6.07) is 19.3. The first kappa shape index (κ1) is 24.7. The Hall–Kier alpha value is -4.02. The van der Waals surface area contributed by atoms with Gasteiger partial charge in [-0.2, -0.15) is 0 Å². The van der Waals surface area contributed by atoms with Crippen LogP contribution in [0.25, 0.3) is 5.76 Å². The van der Waals surface area contributed by atoms with E-state index >= 15 is 0 Å². The maximum absolute atomic E-state index is 13.3. The van der Waals surface area contributed by atoms with Crippen LogP contribution in [0.5, 0.6) is 5.75 Å². The second-order valence-electron chi connectivity index (χ2n) is 8.03. The largest absolute Gasteiger partial charge is 0.507 e. The van der Waals surface area contributed by atoms with Gasteiger partial charge in [0.1, 0.15) is 11.5 Å². The van der Waals surface area contributed by atoms with Crippen molar-refractivity contribution in [1.82, 2.24) is 15.2 Å². The number of hydrogen-bond donors (Lipinski definition) is 1. The Labute approximate surface area is 221 Å². The van der Waals surface area contributed by atoms with E-state index in [0.717, 1.165) is 5.56 Å². The van der Waals surface area contributed by atoms with Crippen LogP contribution < -0.4 is 9.64 Å². The SMILES string of the molecule is CCOc1ccc(C2/C(=C(\O)c3ccncc3)C(=O)C(=O)N2c2nnc(SCc3ccccc3)s2)cc1. The normalized spacial score (nSPS) is 16.8. The van der Waals surface area contributed by atoms with Crippen molar-refractivity contribution < 1.29 is 19.4 Å². The summed E-state index contributed by atoms with van der Waals surface area (Å²) in [5.74, 6) is -0.483. The molecule has 0 spiro atoms. The number of nitrogens with zero attached hydrogens (tertiary/aromatic N) is 4. The molecule has 1 atom stereocenters. The van der Waals surface area contributed by atoms with E-state index in [1.54, 1.807) is 36.4 Å². The Bertz CT molecular complexity index is 1440. The number of aliphatic hydroxyl groups excluding tert-OH is 1. The molecule has 37 heavy (non-hydrogen) atoms. The fourth-order valence-corrected chi connectivity index (χ4v) is 5.82. The van der Waals surface area contributed by atoms with Crippen LogP contribution in [0.4, 0.5) is 5.13 Å². The van der Waals surface area contributed by atoms with Crippen LogP contribution >= 0.6 is 23.1 Å². The van der Waals surface area contributed by atoms with Crippen molar-refractivity contribution in [3.63, 3.8) is 0 Å². The Morgan fingerprint density at radius 2 is 1.76 bits per heavy atom. The minimum Gasteiger partial charge on any atom is -0.507 e. The molecule has 186 valence electrons. The number of Topliss-reactive ketones (excluding diaryl/α,β-unsaturated/α-hetero) is 1. The number of anilines is 1. The molecule has 0 saturated carbocycles. The van der Waals surface area contributed by atoms with Gasteiger partial charge in [-0.15, -0.1) is 10.2 Å². The first-order chi connectivity index (χ1) is 18.1. The van der Waals surface area contributed by atoms with Crippen LogP contribution in [-0.2, 0) is 15.3 Å². The smallest absolute Gasteiger partial charge is 0.301 e. The summed E-state index contributed by atoms with van der Waals surface area (Å²) in [5, 5.41) is 19.9. The topological polar surface area (TPSA) is 106 Å². The first-order valence-electron chi connectivity index (χ1n) is 11.5. The number of benzene rings is 2. The van der Waals surface area contributed by atoms with E-state index in [1.807, 2.05) is 37.3 Å². The molecule has 1 saturated heterocycles. The van der Waals surface area contributed by atoms with Crippen molar-refractivity contribution in [1.29, 1.82) is 0 Å². The molecule has 1 fully saturated rings. The number of amides is 1. The lowest BCUT2D eigenvalue weighted by atomic mass is 9.95. The molecule has 1 amide bonds. The number of thioether (sulfide) groups is 1. The minimum absolute atomic E-state index is 0.0194. The second-order valence-corrected chi connectivity index (χ2v) is 10.2. The summed E-state index contributed by atoms with van der Waals surface area (Å²) in [6.45, 7) is 2.40. The molecule has 4 aromatic rings. The van der Waals surface area contributed by atoms with Crippen molar-refractivity contribution in [2.45, 2.75) is 23.1 Å². The van der Waals surface area contributed by atoms with Gasteiger partial charge in [0.2, 0.25) is 5.13 Å². The van der Waals surface area contributed by atoms with Gasteiger partial charge in [-0.3, -0.25) is 19.5 Å². The van der Waals surface area contributed by atoms with Crippen molar-refractivity contribution in [3.8, 4) is 5.75 Å². The zero-order valence-electron chi connectivity index (χ0n) is 19.8. The van der Waals surface area contributed by atoms with Gasteiger partial charge in [0.15, 0.2) is 4.34 Å². The molecule has 10 heteroatoms. The summed E-state index contributed by atoms with van der Waals surface area (Å²) in [6.07, 6.45) is 3.02. The number of carbonyl (C=O) groups excluding carboxylic acids is 2. The zero-order chi connectivity index (χ0) is 25.8. The lowest BCUT2D eigenvalue weighted by Crippen LogP contribution is -2.29. The fourth-order valence-electron chi connectivity index (χ4n) is 4.00. The number of carbonyl (C=O) groups is 2. The molecule has 0 bridgehead atoms. The van der Waals surface area contributed by atoms with Gasteiger partial charge in [0, 0.05) is 23.7 Å². The van der Waals surface area contributed by atoms with Crippen molar-refractivity contribution in [3.05, 3.63) is 101 Å². The zero-order valence-corrected chi connectivity index (χ0v) is 21.4. The Kier molecular flexibility index (Phi) is 7.29. The molecule has 1 aliphatic rings. The quantitative estimate of drug-likeness (QED) is 0.108. The van der Waals surface area contributed by atoms with Crippen molar-refractivity contribution in [2.75, 3.05) is 11.5 Å². The van der Waals surface area contributed by atoms with Crippen LogP contribution in [0.2, 0.25) is 0 Å². The van der Waals surface area contributed by atoms with Crippen molar-refractivity contribution >= 4 is 45.7 Å². The molecule has 1 N–H and O–H groups in total. The Morgan fingerprint density at radius 3 is 2.46 bits per heavy atom. The van der Waals surface area contributed by atoms with Crippen molar-refractivity contribution in [2.24, 2.45) is 0 Å². The average Bonchev–Trinajstić information content (AvgIpc) is 3.51. The molecule has 1 aliphatic heterocycles. The molecule has 5 rings (SSSR count). The van der Waals surface area contributed by atoms with E-state index in [1.165, 1.54) is 40.4 Å². The van der Waals surface area contributed by atoms with E-state index in [4.69, 9.17) is 4.74 Å². The number of aliphatic hydroxyl groups is 1. The first-order valence-corrected chi connectivity index (χ1v) is 13.3. The van der Waals surface area contributed by atoms with E-state index < -0.39 is 17.7 Å². The van der Waals surface area contributed by atoms with E-state index in [0.29, 0.717) is 33.6 Å². The van der Waals surface area contributed by atoms with Gasteiger partial charge in [0.25, 0.3) is 5.78 Å². The fraction of sp³-hybridized carbons (Fsp3) is 0.148. The van der Waals surface area contributed by atoms with E-state index in [-0.39, 0.29) is 16.5 Å². The number of aromatic nitrogens is 3. The minimum atomic E-state index is -0.885. The number of ketones is 1. The summed E-state index contributed by atoms with van der Waals surface area (Å²) >= 11 is 2.73. The van der Waals surface area contributed by atoms with Gasteiger partial charge in [-0.25, -0.2) is 0 Å². The predicted molar refractivity (Wildman–Crippen MR) is 143 cm³/mol. The highest BCUT2D eigenvalue weighted by Crippen LogP contribution is 2.44. The number of pyridine rings is 1. The maximum atomic E-state index is 13.3.